The van der Waals surface area contributed by atoms with Gasteiger partial charge in [0.05, 0.1) is 12.5 Å². The maximum absolute atomic E-state index is 12.1. The van der Waals surface area contributed by atoms with Crippen LogP contribution in [0.25, 0.3) is 5.82 Å². The second-order valence-corrected chi connectivity index (χ2v) is 4.19. The number of amides is 1. The van der Waals surface area contributed by atoms with Crippen molar-refractivity contribution in [1.29, 1.82) is 0 Å². The Morgan fingerprint density at radius 1 is 1.35 bits per heavy atom. The van der Waals surface area contributed by atoms with E-state index in [4.69, 9.17) is 4.42 Å². The summed E-state index contributed by atoms with van der Waals surface area (Å²) in [4.78, 5) is 20.2. The molecule has 0 unspecified atom stereocenters. The number of hydrogen-bond donors (Lipinski definition) is 1. The highest BCUT2D eigenvalue weighted by atomic mass is 16.3. The molecule has 20 heavy (non-hydrogen) atoms. The number of pyridine rings is 1. The van der Waals surface area contributed by atoms with E-state index in [-0.39, 0.29) is 5.91 Å². The minimum absolute atomic E-state index is 0.157. The van der Waals surface area contributed by atoms with Crippen molar-refractivity contribution >= 4 is 5.91 Å². The van der Waals surface area contributed by atoms with Gasteiger partial charge in [-0.25, -0.2) is 9.97 Å². The molecule has 0 atom stereocenters. The Morgan fingerprint density at radius 3 is 3.05 bits per heavy atom. The third kappa shape index (κ3) is 2.59. The van der Waals surface area contributed by atoms with Gasteiger partial charge in [-0.1, -0.05) is 0 Å². The lowest BCUT2D eigenvalue weighted by Crippen LogP contribution is -2.22. The summed E-state index contributed by atoms with van der Waals surface area (Å²) in [7, 11) is 0. The molecular weight excluding hydrogens is 256 g/mol. The lowest BCUT2D eigenvalue weighted by Gasteiger charge is -2.06. The number of hydrogen-bond acceptors (Lipinski definition) is 4. The maximum Gasteiger partial charge on any atom is 0.251 e. The largest absolute Gasteiger partial charge is 0.472 e. The van der Waals surface area contributed by atoms with Crippen LogP contribution in [-0.2, 0) is 6.54 Å². The molecule has 0 aliphatic heterocycles. The predicted octanol–water partition coefficient (Wildman–Crippen LogP) is 1.79. The molecule has 0 aromatic carbocycles. The zero-order valence-corrected chi connectivity index (χ0v) is 10.6. The van der Waals surface area contributed by atoms with Gasteiger partial charge < -0.3 is 9.73 Å². The molecule has 0 radical (unpaired) electrons. The molecule has 3 aromatic heterocycles. The first kappa shape index (κ1) is 12.2. The summed E-state index contributed by atoms with van der Waals surface area (Å²) in [5.41, 5.74) is 1.47. The summed E-state index contributed by atoms with van der Waals surface area (Å²) in [6.07, 6.45) is 9.84. The fourth-order valence-corrected chi connectivity index (χ4v) is 1.77. The Morgan fingerprint density at radius 2 is 2.30 bits per heavy atom. The van der Waals surface area contributed by atoms with Crippen LogP contribution < -0.4 is 5.32 Å². The molecule has 0 aliphatic carbocycles. The fraction of sp³-hybridized carbons (Fsp3) is 0.0714. The molecule has 6 nitrogen and oxygen atoms in total. The average molecular weight is 268 g/mol. The molecule has 1 N–H and O–H groups in total. The van der Waals surface area contributed by atoms with Crippen molar-refractivity contribution < 1.29 is 9.21 Å². The minimum Gasteiger partial charge on any atom is -0.472 e. The van der Waals surface area contributed by atoms with Crippen LogP contribution in [0.2, 0.25) is 0 Å². The molecule has 0 spiro atoms. The van der Waals surface area contributed by atoms with Gasteiger partial charge in [0.15, 0.2) is 0 Å². The van der Waals surface area contributed by atoms with Crippen molar-refractivity contribution in [3.63, 3.8) is 0 Å². The van der Waals surface area contributed by atoms with E-state index in [0.29, 0.717) is 17.9 Å². The summed E-state index contributed by atoms with van der Waals surface area (Å²) in [6.45, 7) is 0.429. The molecule has 100 valence electrons. The van der Waals surface area contributed by atoms with E-state index in [1.807, 2.05) is 6.07 Å². The van der Waals surface area contributed by atoms with Gasteiger partial charge >= 0.3 is 0 Å². The first-order valence-corrected chi connectivity index (χ1v) is 6.06. The first-order chi connectivity index (χ1) is 9.83. The highest BCUT2D eigenvalue weighted by Gasteiger charge is 2.07. The normalized spacial score (nSPS) is 10.4. The van der Waals surface area contributed by atoms with Crippen LogP contribution in [0, 0.1) is 0 Å². The van der Waals surface area contributed by atoms with E-state index in [9.17, 15) is 4.79 Å². The van der Waals surface area contributed by atoms with Gasteiger partial charge in [0.1, 0.15) is 12.1 Å². The number of imidazole rings is 1. The van der Waals surface area contributed by atoms with Crippen molar-refractivity contribution in [2.45, 2.75) is 6.54 Å². The van der Waals surface area contributed by atoms with Crippen LogP contribution in [0.1, 0.15) is 15.9 Å². The Kier molecular flexibility index (Phi) is 3.28. The summed E-state index contributed by atoms with van der Waals surface area (Å²) >= 11 is 0. The van der Waals surface area contributed by atoms with Crippen molar-refractivity contribution in [2.75, 3.05) is 0 Å². The van der Waals surface area contributed by atoms with E-state index in [1.54, 1.807) is 54.1 Å². The Labute approximate surface area is 115 Å². The molecular formula is C14H12N4O2. The minimum atomic E-state index is -0.157. The molecule has 0 bridgehead atoms. The zero-order valence-electron chi connectivity index (χ0n) is 10.6. The number of carbonyl (C=O) groups excluding carboxylic acids is 1. The molecule has 3 rings (SSSR count). The number of carbonyl (C=O) groups is 1. The van der Waals surface area contributed by atoms with E-state index in [1.165, 1.54) is 0 Å². The number of nitrogens with one attached hydrogen (secondary N) is 1. The summed E-state index contributed by atoms with van der Waals surface area (Å²) in [5.74, 6) is 0.494. The number of furan rings is 1. The van der Waals surface area contributed by atoms with Crippen LogP contribution in [0.4, 0.5) is 0 Å². The van der Waals surface area contributed by atoms with E-state index >= 15 is 0 Å². The van der Waals surface area contributed by atoms with Crippen LogP contribution in [0.3, 0.4) is 0 Å². The molecule has 0 aliphatic rings. The van der Waals surface area contributed by atoms with Crippen LogP contribution in [0.15, 0.2) is 60.1 Å². The number of rotatable bonds is 4. The average Bonchev–Trinajstić information content (AvgIpc) is 3.18. The Bertz CT molecular complexity index is 690. The van der Waals surface area contributed by atoms with E-state index in [0.717, 1.165) is 5.56 Å². The van der Waals surface area contributed by atoms with Crippen molar-refractivity contribution in [3.05, 3.63) is 66.8 Å². The summed E-state index contributed by atoms with van der Waals surface area (Å²) in [6, 6.07) is 5.20. The van der Waals surface area contributed by atoms with E-state index < -0.39 is 0 Å². The number of nitrogens with zero attached hydrogens (tertiary/aromatic N) is 3. The molecule has 0 saturated carbocycles. The van der Waals surface area contributed by atoms with Gasteiger partial charge in [-0.05, 0) is 18.2 Å². The predicted molar refractivity (Wildman–Crippen MR) is 71.2 cm³/mol. The maximum atomic E-state index is 12.1. The van der Waals surface area contributed by atoms with Gasteiger partial charge in [-0.3, -0.25) is 9.36 Å². The van der Waals surface area contributed by atoms with Crippen molar-refractivity contribution in [3.8, 4) is 5.82 Å². The van der Waals surface area contributed by atoms with Crippen LogP contribution in [-0.4, -0.2) is 20.4 Å². The first-order valence-electron chi connectivity index (χ1n) is 6.06. The molecule has 3 heterocycles. The molecule has 0 saturated heterocycles. The smallest absolute Gasteiger partial charge is 0.251 e. The van der Waals surface area contributed by atoms with Crippen LogP contribution in [0.5, 0.6) is 0 Å². The van der Waals surface area contributed by atoms with Crippen molar-refractivity contribution in [2.24, 2.45) is 0 Å². The molecule has 3 aromatic rings. The number of aromatic nitrogens is 3. The highest BCUT2D eigenvalue weighted by molar-refractivity contribution is 5.94. The van der Waals surface area contributed by atoms with E-state index in [2.05, 4.69) is 15.3 Å². The highest BCUT2D eigenvalue weighted by Crippen LogP contribution is 2.07. The second-order valence-electron chi connectivity index (χ2n) is 4.19. The Balaban J connectivity index is 1.73. The molecule has 1 amide bonds. The third-order valence-corrected chi connectivity index (χ3v) is 2.81. The standard InChI is InChI=1S/C14H12N4O2/c19-14(17-8-11-2-6-20-9-11)12-1-3-16-13(7-12)18-5-4-15-10-18/h1-7,9-10H,8H2,(H,17,19). The molecule has 0 fully saturated rings. The fourth-order valence-electron chi connectivity index (χ4n) is 1.77. The van der Waals surface area contributed by atoms with Gasteiger partial charge in [0, 0.05) is 36.3 Å². The van der Waals surface area contributed by atoms with Gasteiger partial charge in [-0.2, -0.15) is 0 Å². The lowest BCUT2D eigenvalue weighted by molar-refractivity contribution is 0.0950. The zero-order chi connectivity index (χ0) is 13.8. The van der Waals surface area contributed by atoms with Crippen LogP contribution >= 0.6 is 0 Å². The monoisotopic (exact) mass is 268 g/mol. The Hall–Kier alpha value is -2.89. The van der Waals surface area contributed by atoms with Crippen molar-refractivity contribution in [1.82, 2.24) is 19.9 Å². The molecule has 6 heteroatoms. The van der Waals surface area contributed by atoms with Gasteiger partial charge in [-0.15, -0.1) is 0 Å². The topological polar surface area (TPSA) is 73.0 Å². The SMILES string of the molecule is O=C(NCc1ccoc1)c1ccnc(-n2ccnc2)c1. The second kappa shape index (κ2) is 5.40. The lowest BCUT2D eigenvalue weighted by atomic mass is 10.2. The summed E-state index contributed by atoms with van der Waals surface area (Å²) in [5, 5.41) is 2.82. The van der Waals surface area contributed by atoms with Gasteiger partial charge in [0.25, 0.3) is 5.91 Å². The summed E-state index contributed by atoms with van der Waals surface area (Å²) < 4.78 is 6.69. The van der Waals surface area contributed by atoms with Gasteiger partial charge in [0.2, 0.25) is 0 Å². The quantitative estimate of drug-likeness (QED) is 0.783. The third-order valence-electron chi connectivity index (χ3n) is 2.81.